The molecule has 1 fully saturated rings. The van der Waals surface area contributed by atoms with Crippen molar-refractivity contribution in [1.29, 1.82) is 0 Å². The summed E-state index contributed by atoms with van der Waals surface area (Å²) in [4.78, 5) is 16.1. The Balaban J connectivity index is 1.52. The number of ether oxygens (including phenoxy) is 2. The average molecular weight is 457 g/mol. The van der Waals surface area contributed by atoms with E-state index in [9.17, 15) is 4.79 Å². The van der Waals surface area contributed by atoms with E-state index >= 15 is 0 Å². The number of fused-ring (bicyclic) bond motifs is 1. The van der Waals surface area contributed by atoms with Gasteiger partial charge in [-0.1, -0.05) is 34.1 Å². The van der Waals surface area contributed by atoms with Gasteiger partial charge in [0.1, 0.15) is 11.4 Å². The summed E-state index contributed by atoms with van der Waals surface area (Å²) < 4.78 is 12.2. The predicted octanol–water partition coefficient (Wildman–Crippen LogP) is 4.81. The molecule has 5 nitrogen and oxygen atoms in total. The molecule has 0 radical (unpaired) electrons. The lowest BCUT2D eigenvalue weighted by molar-refractivity contribution is 0.0486. The number of benzene rings is 2. The molecule has 0 unspecified atom stereocenters. The highest BCUT2D eigenvalue weighted by Gasteiger charge is 2.35. The normalized spacial score (nSPS) is 15.9. The Kier molecular flexibility index (Phi) is 5.92. The van der Waals surface area contributed by atoms with Crippen LogP contribution in [-0.2, 0) is 10.2 Å². The number of aromatic nitrogens is 1. The number of amides is 1. The molecule has 0 bridgehead atoms. The largest absolute Gasteiger partial charge is 0.494 e. The zero-order valence-corrected chi connectivity index (χ0v) is 18.1. The lowest BCUT2D eigenvalue weighted by Crippen LogP contribution is -2.44. The van der Waals surface area contributed by atoms with Crippen molar-refractivity contribution in [2.75, 3.05) is 26.4 Å². The number of rotatable bonds is 6. The van der Waals surface area contributed by atoms with E-state index in [1.54, 1.807) is 0 Å². The molecule has 2 aromatic carbocycles. The Morgan fingerprint density at radius 2 is 1.93 bits per heavy atom. The summed E-state index contributed by atoms with van der Waals surface area (Å²) in [6, 6.07) is 16.1. The zero-order valence-electron chi connectivity index (χ0n) is 16.5. The standard InChI is InChI=1S/C23H25BrN2O3/c1-2-29-19-7-4-17(5-8-19)23(9-11-28-12-10-23)15-25-22(27)21-13-16-3-6-18(24)14-20(16)26-21/h3-8,13-14,26H,2,9-12,15H2,1H3,(H,25,27). The van der Waals surface area contributed by atoms with Gasteiger partial charge in [-0.3, -0.25) is 4.79 Å². The van der Waals surface area contributed by atoms with E-state index in [-0.39, 0.29) is 11.3 Å². The second-order valence-electron chi connectivity index (χ2n) is 7.45. The predicted molar refractivity (Wildman–Crippen MR) is 118 cm³/mol. The van der Waals surface area contributed by atoms with Gasteiger partial charge in [-0.15, -0.1) is 0 Å². The van der Waals surface area contributed by atoms with Gasteiger partial charge in [-0.05, 0) is 55.7 Å². The molecule has 2 heterocycles. The van der Waals surface area contributed by atoms with Gasteiger partial charge < -0.3 is 19.8 Å². The van der Waals surface area contributed by atoms with Crippen molar-refractivity contribution in [3.63, 3.8) is 0 Å². The molecule has 0 spiro atoms. The second kappa shape index (κ2) is 8.59. The third-order valence-corrected chi connectivity index (χ3v) is 6.14. The quantitative estimate of drug-likeness (QED) is 0.559. The molecule has 1 aliphatic rings. The molecule has 6 heteroatoms. The first-order valence-corrected chi connectivity index (χ1v) is 10.8. The topological polar surface area (TPSA) is 63.3 Å². The maximum absolute atomic E-state index is 12.8. The van der Waals surface area contributed by atoms with Crippen molar-refractivity contribution in [3.8, 4) is 5.75 Å². The molecular weight excluding hydrogens is 432 g/mol. The molecule has 0 aliphatic carbocycles. The molecule has 1 amide bonds. The fourth-order valence-corrected chi connectivity index (χ4v) is 4.33. The number of aromatic amines is 1. The first-order valence-electron chi connectivity index (χ1n) is 9.97. The van der Waals surface area contributed by atoms with Gasteiger partial charge in [0.25, 0.3) is 5.91 Å². The van der Waals surface area contributed by atoms with Crippen LogP contribution in [-0.4, -0.2) is 37.3 Å². The van der Waals surface area contributed by atoms with Crippen molar-refractivity contribution in [2.45, 2.75) is 25.2 Å². The third kappa shape index (κ3) is 4.33. The SMILES string of the molecule is CCOc1ccc(C2(CNC(=O)c3cc4ccc(Br)cc4[nH]3)CCOCC2)cc1. The summed E-state index contributed by atoms with van der Waals surface area (Å²) in [6.07, 6.45) is 1.75. The summed E-state index contributed by atoms with van der Waals surface area (Å²) in [5.74, 6) is 0.779. The van der Waals surface area contributed by atoms with Crippen molar-refractivity contribution in [1.82, 2.24) is 10.3 Å². The molecular formula is C23H25BrN2O3. The molecule has 4 rings (SSSR count). The Morgan fingerprint density at radius 1 is 1.17 bits per heavy atom. The molecule has 29 heavy (non-hydrogen) atoms. The number of carbonyl (C=O) groups is 1. The van der Waals surface area contributed by atoms with Crippen LogP contribution in [0.25, 0.3) is 10.9 Å². The number of nitrogens with one attached hydrogen (secondary N) is 2. The maximum Gasteiger partial charge on any atom is 0.267 e. The number of halogens is 1. The van der Waals surface area contributed by atoms with Crippen LogP contribution in [0.2, 0.25) is 0 Å². The Bertz CT molecular complexity index is 991. The smallest absolute Gasteiger partial charge is 0.267 e. The maximum atomic E-state index is 12.8. The monoisotopic (exact) mass is 456 g/mol. The van der Waals surface area contributed by atoms with Crippen LogP contribution < -0.4 is 10.1 Å². The van der Waals surface area contributed by atoms with Crippen LogP contribution in [0.5, 0.6) is 5.75 Å². The van der Waals surface area contributed by atoms with E-state index < -0.39 is 0 Å². The van der Waals surface area contributed by atoms with Crippen LogP contribution in [0.3, 0.4) is 0 Å². The van der Waals surface area contributed by atoms with E-state index in [0.29, 0.717) is 32.1 Å². The van der Waals surface area contributed by atoms with Gasteiger partial charge >= 0.3 is 0 Å². The minimum absolute atomic E-state index is 0.0888. The summed E-state index contributed by atoms with van der Waals surface area (Å²) in [6.45, 7) is 4.59. The molecule has 0 saturated carbocycles. The highest BCUT2D eigenvalue weighted by molar-refractivity contribution is 9.10. The Morgan fingerprint density at radius 3 is 2.66 bits per heavy atom. The van der Waals surface area contributed by atoms with Crippen LogP contribution >= 0.6 is 15.9 Å². The van der Waals surface area contributed by atoms with Gasteiger partial charge in [-0.2, -0.15) is 0 Å². The lowest BCUT2D eigenvalue weighted by Gasteiger charge is -2.38. The van der Waals surface area contributed by atoms with Gasteiger partial charge in [0.15, 0.2) is 0 Å². The van der Waals surface area contributed by atoms with Gasteiger partial charge in [0.2, 0.25) is 0 Å². The Hall–Kier alpha value is -2.31. The minimum atomic E-state index is -0.131. The first-order chi connectivity index (χ1) is 14.1. The first kappa shape index (κ1) is 20.0. The minimum Gasteiger partial charge on any atom is -0.494 e. The molecule has 3 aromatic rings. The zero-order chi connectivity index (χ0) is 20.3. The summed E-state index contributed by atoms with van der Waals surface area (Å²) in [5.41, 5.74) is 2.60. The highest BCUT2D eigenvalue weighted by atomic mass is 79.9. The van der Waals surface area contributed by atoms with Gasteiger partial charge in [-0.25, -0.2) is 0 Å². The van der Waals surface area contributed by atoms with Gasteiger partial charge in [0.05, 0.1) is 6.61 Å². The second-order valence-corrected chi connectivity index (χ2v) is 8.36. The molecule has 1 aromatic heterocycles. The number of hydrogen-bond donors (Lipinski definition) is 2. The highest BCUT2D eigenvalue weighted by Crippen LogP contribution is 2.35. The average Bonchev–Trinajstić information content (AvgIpc) is 3.17. The van der Waals surface area contributed by atoms with E-state index in [1.807, 2.05) is 43.3 Å². The molecule has 1 aliphatic heterocycles. The van der Waals surface area contributed by atoms with Crippen LogP contribution in [0.4, 0.5) is 0 Å². The fraction of sp³-hybridized carbons (Fsp3) is 0.348. The van der Waals surface area contributed by atoms with Crippen molar-refractivity contribution >= 4 is 32.7 Å². The molecule has 152 valence electrons. The van der Waals surface area contributed by atoms with Gasteiger partial charge in [0, 0.05) is 40.5 Å². The van der Waals surface area contributed by atoms with E-state index in [1.165, 1.54) is 5.56 Å². The fourth-order valence-electron chi connectivity index (χ4n) is 3.97. The van der Waals surface area contributed by atoms with E-state index in [0.717, 1.165) is 34.0 Å². The lowest BCUT2D eigenvalue weighted by atomic mass is 9.74. The van der Waals surface area contributed by atoms with Crippen molar-refractivity contribution < 1.29 is 14.3 Å². The van der Waals surface area contributed by atoms with Crippen LogP contribution in [0.15, 0.2) is 53.0 Å². The number of carbonyl (C=O) groups excluding carboxylic acids is 1. The number of hydrogen-bond acceptors (Lipinski definition) is 3. The van der Waals surface area contributed by atoms with Crippen LogP contribution in [0, 0.1) is 0 Å². The van der Waals surface area contributed by atoms with Crippen molar-refractivity contribution in [3.05, 3.63) is 64.3 Å². The van der Waals surface area contributed by atoms with E-state index in [2.05, 4.69) is 38.4 Å². The summed E-state index contributed by atoms with van der Waals surface area (Å²) in [5, 5.41) is 4.17. The number of H-pyrrole nitrogens is 1. The molecule has 2 N–H and O–H groups in total. The third-order valence-electron chi connectivity index (χ3n) is 5.64. The van der Waals surface area contributed by atoms with Crippen LogP contribution in [0.1, 0.15) is 35.8 Å². The van der Waals surface area contributed by atoms with E-state index in [4.69, 9.17) is 9.47 Å². The summed E-state index contributed by atoms with van der Waals surface area (Å²) >= 11 is 3.47. The summed E-state index contributed by atoms with van der Waals surface area (Å²) in [7, 11) is 0. The molecule has 0 atom stereocenters. The Labute approximate surface area is 178 Å². The molecule has 1 saturated heterocycles. The van der Waals surface area contributed by atoms with Crippen molar-refractivity contribution in [2.24, 2.45) is 0 Å².